The van der Waals surface area contributed by atoms with Crippen LogP contribution in [0, 0.1) is 0 Å². The Kier molecular flexibility index (Phi) is 9.73. The molecule has 0 aromatic carbocycles. The van der Waals surface area contributed by atoms with E-state index in [0.717, 1.165) is 0 Å². The molecule has 0 aromatic rings. The molecule has 0 aliphatic rings. The molecule has 0 heterocycles. The Balaban J connectivity index is 3.45. The number of carbonyl (C=O) groups excluding carboxylic acids is 2. The average Bonchev–Trinajstić information content (AvgIpc) is 2.18. The molecule has 0 saturated heterocycles. The SMILES string of the molecule is O=C(CC(=O)OCCCCl)OCCCCl. The minimum absolute atomic E-state index is 0.233. The molecule has 88 valence electrons. The lowest BCUT2D eigenvalue weighted by molar-refractivity contribution is -0.154. The van der Waals surface area contributed by atoms with Crippen molar-refractivity contribution in [3.63, 3.8) is 0 Å². The van der Waals surface area contributed by atoms with Crippen molar-refractivity contribution in [3.8, 4) is 0 Å². The lowest BCUT2D eigenvalue weighted by Crippen LogP contribution is -2.15. The van der Waals surface area contributed by atoms with Gasteiger partial charge in [-0.3, -0.25) is 9.59 Å². The van der Waals surface area contributed by atoms with Crippen LogP contribution in [-0.4, -0.2) is 36.9 Å². The zero-order valence-corrected chi connectivity index (χ0v) is 9.85. The number of hydrogen-bond acceptors (Lipinski definition) is 4. The van der Waals surface area contributed by atoms with Crippen molar-refractivity contribution in [2.45, 2.75) is 19.3 Å². The molecular weight excluding hydrogens is 243 g/mol. The maximum atomic E-state index is 11.0. The molecule has 0 N–H and O–H groups in total. The van der Waals surface area contributed by atoms with E-state index >= 15 is 0 Å². The monoisotopic (exact) mass is 256 g/mol. The van der Waals surface area contributed by atoms with Crippen LogP contribution in [0.4, 0.5) is 0 Å². The number of carbonyl (C=O) groups is 2. The van der Waals surface area contributed by atoms with Crippen molar-refractivity contribution in [1.29, 1.82) is 0 Å². The predicted molar refractivity (Wildman–Crippen MR) is 57.2 cm³/mol. The second-order valence-corrected chi connectivity index (χ2v) is 3.46. The van der Waals surface area contributed by atoms with E-state index in [-0.39, 0.29) is 19.6 Å². The van der Waals surface area contributed by atoms with Gasteiger partial charge in [0.05, 0.1) is 13.2 Å². The van der Waals surface area contributed by atoms with Crippen LogP contribution >= 0.6 is 23.2 Å². The molecule has 15 heavy (non-hydrogen) atoms. The summed E-state index contributed by atoms with van der Waals surface area (Å²) < 4.78 is 9.42. The van der Waals surface area contributed by atoms with Gasteiger partial charge in [0.25, 0.3) is 0 Å². The first-order valence-electron chi connectivity index (χ1n) is 4.64. The second kappa shape index (κ2) is 10.1. The third-order valence-corrected chi connectivity index (χ3v) is 1.91. The molecular formula is C9H14Cl2O4. The minimum atomic E-state index is -0.587. The standard InChI is InChI=1S/C9H14Cl2O4/c10-3-1-5-14-8(12)7-9(13)15-6-2-4-11/h1-7H2. The van der Waals surface area contributed by atoms with Gasteiger partial charge in [-0.2, -0.15) is 0 Å². The van der Waals surface area contributed by atoms with Crippen LogP contribution in [0.3, 0.4) is 0 Å². The van der Waals surface area contributed by atoms with Crippen LogP contribution in [-0.2, 0) is 19.1 Å². The van der Waals surface area contributed by atoms with Gasteiger partial charge >= 0.3 is 11.9 Å². The molecule has 0 aliphatic carbocycles. The summed E-state index contributed by atoms with van der Waals surface area (Å²) in [5.74, 6) is -0.326. The summed E-state index contributed by atoms with van der Waals surface area (Å²) in [6.07, 6.45) is 0.799. The van der Waals surface area contributed by atoms with Gasteiger partial charge in [0.1, 0.15) is 6.42 Å². The van der Waals surface area contributed by atoms with Gasteiger partial charge in [0.2, 0.25) is 0 Å². The molecule has 0 atom stereocenters. The first-order chi connectivity index (χ1) is 7.20. The summed E-state index contributed by atoms with van der Waals surface area (Å²) >= 11 is 10.8. The summed E-state index contributed by atoms with van der Waals surface area (Å²) in [6, 6.07) is 0. The quantitative estimate of drug-likeness (QED) is 0.287. The molecule has 0 rings (SSSR count). The second-order valence-electron chi connectivity index (χ2n) is 2.70. The Morgan fingerprint density at radius 3 is 1.60 bits per heavy atom. The fourth-order valence-corrected chi connectivity index (χ4v) is 0.919. The van der Waals surface area contributed by atoms with Gasteiger partial charge in [0.15, 0.2) is 0 Å². The largest absolute Gasteiger partial charge is 0.465 e. The van der Waals surface area contributed by atoms with Crippen LogP contribution in [0.2, 0.25) is 0 Å². The van der Waals surface area contributed by atoms with Crippen molar-refractivity contribution in [2.75, 3.05) is 25.0 Å². The Morgan fingerprint density at radius 2 is 1.27 bits per heavy atom. The summed E-state index contributed by atoms with van der Waals surface area (Å²) in [4.78, 5) is 21.9. The van der Waals surface area contributed by atoms with Gasteiger partial charge < -0.3 is 9.47 Å². The average molecular weight is 257 g/mol. The first-order valence-corrected chi connectivity index (χ1v) is 5.70. The Labute approximate surface area is 98.8 Å². The fraction of sp³-hybridized carbons (Fsp3) is 0.778. The Bertz CT molecular complexity index is 177. The van der Waals surface area contributed by atoms with Crippen molar-refractivity contribution in [1.82, 2.24) is 0 Å². The number of alkyl halides is 2. The highest BCUT2D eigenvalue weighted by Crippen LogP contribution is 1.95. The number of rotatable bonds is 8. The fourth-order valence-electron chi connectivity index (χ4n) is 0.701. The molecule has 0 unspecified atom stereocenters. The maximum absolute atomic E-state index is 11.0. The minimum Gasteiger partial charge on any atom is -0.465 e. The van der Waals surface area contributed by atoms with E-state index in [0.29, 0.717) is 24.6 Å². The highest BCUT2D eigenvalue weighted by molar-refractivity contribution is 6.18. The van der Waals surface area contributed by atoms with Crippen LogP contribution < -0.4 is 0 Å². The number of esters is 2. The predicted octanol–water partition coefficient (Wildman–Crippen LogP) is 1.72. The summed E-state index contributed by atoms with van der Waals surface area (Å²) in [6.45, 7) is 0.467. The van der Waals surface area contributed by atoms with Crippen molar-refractivity contribution < 1.29 is 19.1 Å². The third kappa shape index (κ3) is 9.82. The molecule has 0 aromatic heterocycles. The van der Waals surface area contributed by atoms with Crippen molar-refractivity contribution >= 4 is 35.1 Å². The van der Waals surface area contributed by atoms with E-state index in [1.54, 1.807) is 0 Å². The molecule has 4 nitrogen and oxygen atoms in total. The molecule has 6 heteroatoms. The van der Waals surface area contributed by atoms with E-state index in [1.807, 2.05) is 0 Å². The molecule has 0 spiro atoms. The highest BCUT2D eigenvalue weighted by Gasteiger charge is 2.11. The van der Waals surface area contributed by atoms with Crippen LogP contribution in [0.5, 0.6) is 0 Å². The molecule has 0 bridgehead atoms. The molecule has 0 aliphatic heterocycles. The van der Waals surface area contributed by atoms with Crippen LogP contribution in [0.1, 0.15) is 19.3 Å². The van der Waals surface area contributed by atoms with E-state index < -0.39 is 11.9 Å². The van der Waals surface area contributed by atoms with Gasteiger partial charge in [-0.15, -0.1) is 23.2 Å². The van der Waals surface area contributed by atoms with Crippen molar-refractivity contribution in [3.05, 3.63) is 0 Å². The molecule has 0 fully saturated rings. The van der Waals surface area contributed by atoms with Gasteiger partial charge in [-0.05, 0) is 12.8 Å². The van der Waals surface area contributed by atoms with Gasteiger partial charge in [0, 0.05) is 11.8 Å². The Morgan fingerprint density at radius 1 is 0.867 bits per heavy atom. The van der Waals surface area contributed by atoms with E-state index in [9.17, 15) is 9.59 Å². The topological polar surface area (TPSA) is 52.6 Å². The smallest absolute Gasteiger partial charge is 0.317 e. The van der Waals surface area contributed by atoms with Crippen molar-refractivity contribution in [2.24, 2.45) is 0 Å². The zero-order valence-electron chi connectivity index (χ0n) is 8.34. The van der Waals surface area contributed by atoms with Crippen LogP contribution in [0.15, 0.2) is 0 Å². The number of halogens is 2. The molecule has 0 saturated carbocycles. The summed E-state index contributed by atoms with van der Waals surface area (Å²) in [5, 5.41) is 0. The zero-order chi connectivity index (χ0) is 11.5. The normalized spacial score (nSPS) is 9.73. The number of hydrogen-bond donors (Lipinski definition) is 0. The Hall–Kier alpha value is -0.480. The van der Waals surface area contributed by atoms with E-state index in [1.165, 1.54) is 0 Å². The summed E-state index contributed by atoms with van der Waals surface area (Å²) in [5.41, 5.74) is 0. The molecule has 0 radical (unpaired) electrons. The van der Waals surface area contributed by atoms with Gasteiger partial charge in [-0.25, -0.2) is 0 Å². The van der Waals surface area contributed by atoms with Crippen LogP contribution in [0.25, 0.3) is 0 Å². The highest BCUT2D eigenvalue weighted by atomic mass is 35.5. The lowest BCUT2D eigenvalue weighted by atomic mass is 10.4. The third-order valence-electron chi connectivity index (χ3n) is 1.37. The van der Waals surface area contributed by atoms with E-state index in [4.69, 9.17) is 32.7 Å². The molecule has 0 amide bonds. The lowest BCUT2D eigenvalue weighted by Gasteiger charge is -2.04. The maximum Gasteiger partial charge on any atom is 0.317 e. The summed E-state index contributed by atoms with van der Waals surface area (Å²) in [7, 11) is 0. The van der Waals surface area contributed by atoms with Gasteiger partial charge in [-0.1, -0.05) is 0 Å². The first kappa shape index (κ1) is 14.5. The van der Waals surface area contributed by atoms with E-state index in [2.05, 4.69) is 0 Å². The number of ether oxygens (including phenoxy) is 2.